The Morgan fingerprint density at radius 3 is 2.82 bits per heavy atom. The summed E-state index contributed by atoms with van der Waals surface area (Å²) in [7, 11) is 1.61. The van der Waals surface area contributed by atoms with E-state index in [9.17, 15) is 4.79 Å². The normalized spacial score (nSPS) is 12.2. The molecule has 0 aromatic rings. The van der Waals surface area contributed by atoms with Crippen molar-refractivity contribution in [2.45, 2.75) is 13.0 Å². The largest absolute Gasteiger partial charge is 0.383 e. The van der Waals surface area contributed by atoms with E-state index in [-0.39, 0.29) is 48.4 Å². The smallest absolute Gasteiger partial charge is 0.242 e. The second kappa shape index (κ2) is 11.6. The highest BCUT2D eigenvalue weighted by molar-refractivity contribution is 14.0. The molecule has 0 bridgehead atoms. The Hall–Kier alpha value is -0.830. The van der Waals surface area contributed by atoms with E-state index in [4.69, 9.17) is 10.5 Å². The Balaban J connectivity index is 0. The molecule has 0 spiro atoms. The van der Waals surface area contributed by atoms with E-state index in [0.29, 0.717) is 13.2 Å². The van der Waals surface area contributed by atoms with E-state index in [1.165, 1.54) is 0 Å². The minimum absolute atomic E-state index is 0. The second-order valence-corrected chi connectivity index (χ2v) is 3.29. The molecule has 1 amide bonds. The highest BCUT2D eigenvalue weighted by Gasteiger charge is 2.02. The quantitative estimate of drug-likeness (QED) is 0.256. The molecule has 1 unspecified atom stereocenters. The van der Waals surface area contributed by atoms with Crippen molar-refractivity contribution in [2.75, 3.05) is 26.8 Å². The van der Waals surface area contributed by atoms with Crippen molar-refractivity contribution in [2.24, 2.45) is 10.7 Å². The number of rotatable bonds is 7. The van der Waals surface area contributed by atoms with E-state index in [1.54, 1.807) is 13.2 Å². The second-order valence-electron chi connectivity index (χ2n) is 3.29. The standard InChI is InChI=1S/C10H20N4O2.HI/c1-4-5-12-9(15)6-13-10(11)14-8(2)7-16-3;/h4,8H,1,5-7H2,2-3H3,(H,12,15)(H3,11,13,14);1H. The molecule has 0 fully saturated rings. The number of methoxy groups -OCH3 is 1. The van der Waals surface area contributed by atoms with Gasteiger partial charge in [0.15, 0.2) is 5.96 Å². The summed E-state index contributed by atoms with van der Waals surface area (Å²) in [4.78, 5) is 15.0. The molecule has 0 rings (SSSR count). The van der Waals surface area contributed by atoms with Gasteiger partial charge in [0.05, 0.1) is 6.61 Å². The number of guanidine groups is 1. The summed E-state index contributed by atoms with van der Waals surface area (Å²) in [6.07, 6.45) is 1.60. The monoisotopic (exact) mass is 356 g/mol. The number of amides is 1. The summed E-state index contributed by atoms with van der Waals surface area (Å²) in [6.45, 7) is 6.36. The van der Waals surface area contributed by atoms with E-state index in [2.05, 4.69) is 22.2 Å². The molecule has 0 aromatic carbocycles. The summed E-state index contributed by atoms with van der Waals surface area (Å²) in [5.41, 5.74) is 5.57. The molecule has 0 saturated carbocycles. The van der Waals surface area contributed by atoms with Crippen molar-refractivity contribution in [1.29, 1.82) is 0 Å². The van der Waals surface area contributed by atoms with Crippen LogP contribution in [0.2, 0.25) is 0 Å². The van der Waals surface area contributed by atoms with Crippen molar-refractivity contribution in [3.05, 3.63) is 12.7 Å². The van der Waals surface area contributed by atoms with Gasteiger partial charge in [-0.05, 0) is 6.92 Å². The maximum absolute atomic E-state index is 11.1. The van der Waals surface area contributed by atoms with Gasteiger partial charge in [-0.25, -0.2) is 4.99 Å². The summed E-state index contributed by atoms with van der Waals surface area (Å²) >= 11 is 0. The number of carbonyl (C=O) groups excluding carboxylic acids is 1. The van der Waals surface area contributed by atoms with E-state index in [0.717, 1.165) is 0 Å². The van der Waals surface area contributed by atoms with Gasteiger partial charge >= 0.3 is 0 Å². The number of nitrogens with one attached hydrogen (secondary N) is 2. The zero-order valence-corrected chi connectivity index (χ0v) is 12.6. The lowest BCUT2D eigenvalue weighted by molar-refractivity contribution is -0.119. The number of ether oxygens (including phenoxy) is 1. The van der Waals surface area contributed by atoms with Gasteiger partial charge in [-0.3, -0.25) is 4.79 Å². The predicted molar refractivity (Wildman–Crippen MR) is 79.6 cm³/mol. The first-order valence-electron chi connectivity index (χ1n) is 5.03. The Bertz CT molecular complexity index is 259. The van der Waals surface area contributed by atoms with Crippen molar-refractivity contribution in [3.8, 4) is 0 Å². The van der Waals surface area contributed by atoms with Gasteiger partial charge in [-0.1, -0.05) is 6.08 Å². The lowest BCUT2D eigenvalue weighted by Crippen LogP contribution is -2.41. The lowest BCUT2D eigenvalue weighted by Gasteiger charge is -2.12. The van der Waals surface area contributed by atoms with Crippen LogP contribution in [0.15, 0.2) is 17.6 Å². The maximum Gasteiger partial charge on any atom is 0.242 e. The fourth-order valence-corrected chi connectivity index (χ4v) is 0.989. The van der Waals surface area contributed by atoms with Crippen molar-refractivity contribution in [3.63, 3.8) is 0 Å². The minimum Gasteiger partial charge on any atom is -0.383 e. The lowest BCUT2D eigenvalue weighted by atomic mass is 10.4. The van der Waals surface area contributed by atoms with Crippen molar-refractivity contribution >= 4 is 35.8 Å². The average molecular weight is 356 g/mol. The summed E-state index contributed by atoms with van der Waals surface area (Å²) in [6, 6.07) is 0.0602. The van der Waals surface area contributed by atoms with Gasteiger partial charge in [0.25, 0.3) is 0 Å². The van der Waals surface area contributed by atoms with Crippen molar-refractivity contribution in [1.82, 2.24) is 10.6 Å². The molecule has 0 aliphatic rings. The molecule has 0 heterocycles. The first-order valence-corrected chi connectivity index (χ1v) is 5.03. The fraction of sp³-hybridized carbons (Fsp3) is 0.600. The van der Waals surface area contributed by atoms with E-state index in [1.807, 2.05) is 6.92 Å². The van der Waals surface area contributed by atoms with Gasteiger partial charge in [0, 0.05) is 19.7 Å². The number of hydrogen-bond acceptors (Lipinski definition) is 3. The van der Waals surface area contributed by atoms with Crippen LogP contribution in [0.1, 0.15) is 6.92 Å². The van der Waals surface area contributed by atoms with Crippen LogP contribution in [0.25, 0.3) is 0 Å². The van der Waals surface area contributed by atoms with E-state index < -0.39 is 0 Å². The van der Waals surface area contributed by atoms with Crippen LogP contribution < -0.4 is 16.4 Å². The van der Waals surface area contributed by atoms with Crippen LogP contribution in [0.3, 0.4) is 0 Å². The average Bonchev–Trinajstić information content (AvgIpc) is 2.23. The third kappa shape index (κ3) is 11.4. The van der Waals surface area contributed by atoms with Gasteiger partial charge < -0.3 is 21.1 Å². The molecule has 6 nitrogen and oxygen atoms in total. The van der Waals surface area contributed by atoms with Crippen LogP contribution in [0.4, 0.5) is 0 Å². The third-order valence-corrected chi connectivity index (χ3v) is 1.65. The predicted octanol–water partition coefficient (Wildman–Crippen LogP) is -0.154. The van der Waals surface area contributed by atoms with Crippen LogP contribution in [0.5, 0.6) is 0 Å². The van der Waals surface area contributed by atoms with Crippen LogP contribution in [0, 0.1) is 0 Å². The molecule has 1 atom stereocenters. The number of aliphatic imine (C=N–C) groups is 1. The molecular formula is C10H21IN4O2. The number of nitrogens with zero attached hydrogens (tertiary/aromatic N) is 1. The van der Waals surface area contributed by atoms with Gasteiger partial charge in [0.1, 0.15) is 6.54 Å². The highest BCUT2D eigenvalue weighted by Crippen LogP contribution is 1.81. The zero-order chi connectivity index (χ0) is 12.4. The SMILES string of the molecule is C=CCNC(=O)CN=C(N)NC(C)COC.I. The Kier molecular flexibility index (Phi) is 12.7. The Labute approximate surface area is 119 Å². The zero-order valence-electron chi connectivity index (χ0n) is 10.2. The molecular weight excluding hydrogens is 335 g/mol. The molecule has 0 saturated heterocycles. The molecule has 4 N–H and O–H groups in total. The molecule has 0 radical (unpaired) electrons. The number of halogens is 1. The minimum atomic E-state index is -0.191. The Morgan fingerprint density at radius 2 is 2.29 bits per heavy atom. The molecule has 17 heavy (non-hydrogen) atoms. The first kappa shape index (κ1) is 18.5. The van der Waals surface area contributed by atoms with Gasteiger partial charge in [0.2, 0.25) is 5.91 Å². The summed E-state index contributed by atoms with van der Waals surface area (Å²) in [5.74, 6) is 0.0438. The topological polar surface area (TPSA) is 88.7 Å². The summed E-state index contributed by atoms with van der Waals surface area (Å²) < 4.78 is 4.92. The van der Waals surface area contributed by atoms with Gasteiger partial charge in [-0.2, -0.15) is 0 Å². The van der Waals surface area contributed by atoms with Gasteiger partial charge in [-0.15, -0.1) is 30.6 Å². The van der Waals surface area contributed by atoms with Crippen LogP contribution >= 0.6 is 24.0 Å². The first-order chi connectivity index (χ1) is 7.60. The number of hydrogen-bond donors (Lipinski definition) is 3. The van der Waals surface area contributed by atoms with Crippen LogP contribution in [-0.2, 0) is 9.53 Å². The fourth-order valence-electron chi connectivity index (χ4n) is 0.989. The summed E-state index contributed by atoms with van der Waals surface area (Å²) in [5, 5.41) is 5.49. The maximum atomic E-state index is 11.1. The Morgan fingerprint density at radius 1 is 1.65 bits per heavy atom. The third-order valence-electron chi connectivity index (χ3n) is 1.65. The molecule has 0 aliphatic carbocycles. The van der Waals surface area contributed by atoms with Crippen LogP contribution in [-0.4, -0.2) is 44.7 Å². The van der Waals surface area contributed by atoms with Crippen molar-refractivity contribution < 1.29 is 9.53 Å². The van der Waals surface area contributed by atoms with E-state index >= 15 is 0 Å². The molecule has 7 heteroatoms. The number of nitrogens with two attached hydrogens (primary N) is 1. The molecule has 0 aromatic heterocycles. The molecule has 100 valence electrons. The highest BCUT2D eigenvalue weighted by atomic mass is 127. The molecule has 0 aliphatic heterocycles. The number of carbonyl (C=O) groups is 1.